The average Bonchev–Trinajstić information content (AvgIpc) is 2.92. The molecule has 1 saturated heterocycles. The third-order valence-electron chi connectivity index (χ3n) is 4.59. The number of nitrogens with zero attached hydrogens (tertiary/aromatic N) is 4. The smallest absolute Gasteiger partial charge is 0.406 e. The summed E-state index contributed by atoms with van der Waals surface area (Å²) in [6.07, 6.45) is 1.68. The highest BCUT2D eigenvalue weighted by atomic mass is 16.4. The SMILES string of the molecule is Cc1ccccc1N1CCN(Cn2c(=O)oc3cccnc32)CC1. The molecule has 4 rings (SSSR count). The highest BCUT2D eigenvalue weighted by Gasteiger charge is 2.20. The molecule has 0 aliphatic carbocycles. The van der Waals surface area contributed by atoms with E-state index in [1.54, 1.807) is 22.9 Å². The van der Waals surface area contributed by atoms with Gasteiger partial charge in [-0.25, -0.2) is 14.3 Å². The summed E-state index contributed by atoms with van der Waals surface area (Å²) in [7, 11) is 0. The number of pyridine rings is 1. The molecule has 0 N–H and O–H groups in total. The van der Waals surface area contributed by atoms with E-state index in [4.69, 9.17) is 4.42 Å². The second-order valence-corrected chi connectivity index (χ2v) is 6.15. The van der Waals surface area contributed by atoms with Gasteiger partial charge in [-0.3, -0.25) is 4.90 Å². The van der Waals surface area contributed by atoms with Crippen LogP contribution in [0.1, 0.15) is 5.56 Å². The molecule has 6 nitrogen and oxygen atoms in total. The topological polar surface area (TPSA) is 54.5 Å². The van der Waals surface area contributed by atoms with E-state index in [0.717, 1.165) is 26.2 Å². The average molecular weight is 324 g/mol. The molecular formula is C18H20N4O2. The molecule has 1 aromatic carbocycles. The molecule has 0 spiro atoms. The molecule has 0 atom stereocenters. The Kier molecular flexibility index (Phi) is 3.82. The van der Waals surface area contributed by atoms with Crippen LogP contribution in [0.3, 0.4) is 0 Å². The number of fused-ring (bicyclic) bond motifs is 1. The zero-order chi connectivity index (χ0) is 16.5. The van der Waals surface area contributed by atoms with Crippen LogP contribution < -0.4 is 10.7 Å². The summed E-state index contributed by atoms with van der Waals surface area (Å²) in [5, 5.41) is 0. The number of hydrogen-bond donors (Lipinski definition) is 0. The normalized spacial score (nSPS) is 16.0. The van der Waals surface area contributed by atoms with Crippen LogP contribution in [-0.4, -0.2) is 40.6 Å². The van der Waals surface area contributed by atoms with E-state index in [2.05, 4.69) is 46.0 Å². The van der Waals surface area contributed by atoms with Crippen molar-refractivity contribution in [2.24, 2.45) is 0 Å². The third kappa shape index (κ3) is 2.69. The zero-order valence-electron chi connectivity index (χ0n) is 13.7. The highest BCUT2D eigenvalue weighted by Crippen LogP contribution is 2.21. The first kappa shape index (κ1) is 15.0. The second kappa shape index (κ2) is 6.13. The number of oxazole rings is 1. The lowest BCUT2D eigenvalue weighted by Gasteiger charge is -2.36. The van der Waals surface area contributed by atoms with Crippen LogP contribution >= 0.6 is 0 Å². The Balaban J connectivity index is 1.48. The van der Waals surface area contributed by atoms with Crippen LogP contribution in [0.15, 0.2) is 51.8 Å². The lowest BCUT2D eigenvalue weighted by Crippen LogP contribution is -2.47. The summed E-state index contributed by atoms with van der Waals surface area (Å²) in [6.45, 7) is 6.36. The van der Waals surface area contributed by atoms with Gasteiger partial charge >= 0.3 is 5.76 Å². The van der Waals surface area contributed by atoms with Crippen molar-refractivity contribution in [3.8, 4) is 0 Å². The first-order chi connectivity index (χ1) is 11.7. The lowest BCUT2D eigenvalue weighted by molar-refractivity contribution is 0.201. The standard InChI is InChI=1S/C18H20N4O2/c1-14-5-2-3-6-15(14)21-11-9-20(10-12-21)13-22-17-16(24-18(22)23)7-4-8-19-17/h2-8H,9-13H2,1H3. The van der Waals surface area contributed by atoms with Crippen LogP contribution in [0.5, 0.6) is 0 Å². The quantitative estimate of drug-likeness (QED) is 0.738. The molecule has 2 aromatic heterocycles. The molecule has 1 fully saturated rings. The van der Waals surface area contributed by atoms with Gasteiger partial charge in [0.25, 0.3) is 0 Å². The van der Waals surface area contributed by atoms with Crippen molar-refractivity contribution in [1.82, 2.24) is 14.5 Å². The minimum Gasteiger partial charge on any atom is -0.406 e. The fraction of sp³-hybridized carbons (Fsp3) is 0.333. The van der Waals surface area contributed by atoms with E-state index in [-0.39, 0.29) is 5.76 Å². The van der Waals surface area contributed by atoms with Gasteiger partial charge in [-0.1, -0.05) is 18.2 Å². The van der Waals surface area contributed by atoms with Gasteiger partial charge in [-0.15, -0.1) is 0 Å². The predicted octanol–water partition coefficient (Wildman–Crippen LogP) is 2.08. The van der Waals surface area contributed by atoms with Gasteiger partial charge in [0.2, 0.25) is 0 Å². The molecule has 1 aliphatic heterocycles. The van der Waals surface area contributed by atoms with E-state index in [9.17, 15) is 4.79 Å². The maximum absolute atomic E-state index is 12.1. The first-order valence-electron chi connectivity index (χ1n) is 8.20. The van der Waals surface area contributed by atoms with Crippen molar-refractivity contribution in [2.75, 3.05) is 31.1 Å². The minimum absolute atomic E-state index is 0.343. The van der Waals surface area contributed by atoms with Gasteiger partial charge in [0.15, 0.2) is 11.2 Å². The second-order valence-electron chi connectivity index (χ2n) is 6.15. The number of hydrogen-bond acceptors (Lipinski definition) is 5. The van der Waals surface area contributed by atoms with Gasteiger partial charge in [0.1, 0.15) is 0 Å². The molecular weight excluding hydrogens is 304 g/mol. The predicted molar refractivity (Wildman–Crippen MR) is 93.2 cm³/mol. The Labute approximate surface area is 139 Å². The largest absolute Gasteiger partial charge is 0.422 e. The van der Waals surface area contributed by atoms with E-state index in [0.29, 0.717) is 17.9 Å². The summed E-state index contributed by atoms with van der Waals surface area (Å²) >= 11 is 0. The number of aryl methyl sites for hydroxylation is 1. The molecule has 24 heavy (non-hydrogen) atoms. The fourth-order valence-electron chi connectivity index (χ4n) is 3.27. The van der Waals surface area contributed by atoms with Gasteiger partial charge in [-0.2, -0.15) is 0 Å². The molecule has 0 unspecified atom stereocenters. The van der Waals surface area contributed by atoms with E-state index < -0.39 is 0 Å². The molecule has 0 radical (unpaired) electrons. The van der Waals surface area contributed by atoms with E-state index in [1.165, 1.54) is 11.3 Å². The Morgan fingerprint density at radius 2 is 1.88 bits per heavy atom. The number of rotatable bonds is 3. The van der Waals surface area contributed by atoms with Crippen LogP contribution in [0.4, 0.5) is 5.69 Å². The van der Waals surface area contributed by atoms with Crippen molar-refractivity contribution in [1.29, 1.82) is 0 Å². The van der Waals surface area contributed by atoms with Gasteiger partial charge in [0, 0.05) is 38.1 Å². The molecule has 124 valence electrons. The number of piperazine rings is 1. The third-order valence-corrected chi connectivity index (χ3v) is 4.59. The Morgan fingerprint density at radius 1 is 1.08 bits per heavy atom. The zero-order valence-corrected chi connectivity index (χ0v) is 13.7. The fourth-order valence-corrected chi connectivity index (χ4v) is 3.27. The summed E-state index contributed by atoms with van der Waals surface area (Å²) in [5.41, 5.74) is 3.75. The van der Waals surface area contributed by atoms with Gasteiger partial charge in [0.05, 0.1) is 6.67 Å². The van der Waals surface area contributed by atoms with Crippen molar-refractivity contribution in [2.45, 2.75) is 13.6 Å². The van der Waals surface area contributed by atoms with Crippen LogP contribution in [-0.2, 0) is 6.67 Å². The maximum Gasteiger partial charge on any atom is 0.422 e. The first-order valence-corrected chi connectivity index (χ1v) is 8.20. The summed E-state index contributed by atoms with van der Waals surface area (Å²) in [4.78, 5) is 21.0. The summed E-state index contributed by atoms with van der Waals surface area (Å²) in [6, 6.07) is 12.0. The minimum atomic E-state index is -0.343. The van der Waals surface area contributed by atoms with Crippen molar-refractivity contribution < 1.29 is 4.42 Å². The maximum atomic E-state index is 12.1. The lowest BCUT2D eigenvalue weighted by atomic mass is 10.1. The number of aromatic nitrogens is 2. The highest BCUT2D eigenvalue weighted by molar-refractivity contribution is 5.67. The van der Waals surface area contributed by atoms with Crippen LogP contribution in [0.25, 0.3) is 11.2 Å². The summed E-state index contributed by atoms with van der Waals surface area (Å²) in [5.74, 6) is -0.343. The molecule has 0 saturated carbocycles. The number of para-hydroxylation sites is 1. The van der Waals surface area contributed by atoms with Gasteiger partial charge in [-0.05, 0) is 30.7 Å². The Hall–Kier alpha value is -2.60. The molecule has 3 heterocycles. The molecule has 3 aromatic rings. The van der Waals surface area contributed by atoms with E-state index >= 15 is 0 Å². The number of anilines is 1. The van der Waals surface area contributed by atoms with Crippen molar-refractivity contribution in [3.05, 3.63) is 58.7 Å². The van der Waals surface area contributed by atoms with Gasteiger partial charge < -0.3 is 9.32 Å². The van der Waals surface area contributed by atoms with Crippen LogP contribution in [0, 0.1) is 6.92 Å². The Morgan fingerprint density at radius 3 is 2.67 bits per heavy atom. The molecule has 6 heteroatoms. The van der Waals surface area contributed by atoms with Crippen molar-refractivity contribution >= 4 is 16.9 Å². The van der Waals surface area contributed by atoms with E-state index in [1.807, 2.05) is 0 Å². The number of benzene rings is 1. The monoisotopic (exact) mass is 324 g/mol. The molecule has 0 amide bonds. The molecule has 0 bridgehead atoms. The Bertz CT molecular complexity index is 907. The summed E-state index contributed by atoms with van der Waals surface area (Å²) < 4.78 is 6.86. The van der Waals surface area contributed by atoms with Crippen LogP contribution in [0.2, 0.25) is 0 Å². The molecule has 1 aliphatic rings. The van der Waals surface area contributed by atoms with Crippen molar-refractivity contribution in [3.63, 3.8) is 0 Å².